The van der Waals surface area contributed by atoms with Crippen molar-refractivity contribution >= 4 is 15.9 Å². The Balaban J connectivity index is 2.23. The van der Waals surface area contributed by atoms with E-state index < -0.39 is 6.10 Å². The van der Waals surface area contributed by atoms with Crippen LogP contribution in [0.25, 0.3) is 0 Å². The molecule has 0 bridgehead atoms. The lowest BCUT2D eigenvalue weighted by Gasteiger charge is -2.09. The molecule has 1 heterocycles. The van der Waals surface area contributed by atoms with Crippen LogP contribution < -0.4 is 0 Å². The molecule has 2 rings (SSSR count). The van der Waals surface area contributed by atoms with E-state index in [4.69, 9.17) is 0 Å². The number of halogens is 1. The number of hydrogen-bond acceptors (Lipinski definition) is 3. The van der Waals surface area contributed by atoms with Gasteiger partial charge in [0.1, 0.15) is 5.82 Å². The van der Waals surface area contributed by atoms with Gasteiger partial charge in [-0.3, -0.25) is 0 Å². The molecule has 0 aliphatic rings. The average molecular weight is 307 g/mol. The maximum atomic E-state index is 9.54. The average Bonchev–Trinajstić information content (AvgIpc) is 2.28. The second-order valence-electron chi connectivity index (χ2n) is 4.31. The molecule has 0 saturated carbocycles. The highest BCUT2D eigenvalue weighted by Crippen LogP contribution is 2.17. The van der Waals surface area contributed by atoms with Crippen LogP contribution in [0.3, 0.4) is 0 Å². The topological polar surface area (TPSA) is 46.0 Å². The standard InChI is InChI=1S/C14H15BrN2O/c1-9-13(10(2)18)8-16-14(17-9)7-11-4-3-5-12(15)6-11/h3-6,8,10,18H,7H2,1-2H3/t10-/m0/s1. The molecular formula is C14H15BrN2O. The molecule has 0 unspecified atom stereocenters. The molecule has 0 aliphatic heterocycles. The number of rotatable bonds is 3. The zero-order chi connectivity index (χ0) is 13.1. The van der Waals surface area contributed by atoms with Crippen LogP contribution in [0.4, 0.5) is 0 Å². The molecule has 0 radical (unpaired) electrons. The summed E-state index contributed by atoms with van der Waals surface area (Å²) >= 11 is 3.45. The van der Waals surface area contributed by atoms with E-state index in [1.165, 1.54) is 0 Å². The van der Waals surface area contributed by atoms with Crippen LogP contribution in [0.2, 0.25) is 0 Å². The second-order valence-corrected chi connectivity index (χ2v) is 5.23. The summed E-state index contributed by atoms with van der Waals surface area (Å²) in [4.78, 5) is 8.73. The molecule has 94 valence electrons. The van der Waals surface area contributed by atoms with Gasteiger partial charge in [-0.2, -0.15) is 0 Å². The number of aromatic nitrogens is 2. The lowest BCUT2D eigenvalue weighted by atomic mass is 10.1. The van der Waals surface area contributed by atoms with Crippen molar-refractivity contribution in [2.24, 2.45) is 0 Å². The second kappa shape index (κ2) is 5.59. The van der Waals surface area contributed by atoms with Crippen molar-refractivity contribution in [1.82, 2.24) is 9.97 Å². The van der Waals surface area contributed by atoms with Crippen LogP contribution >= 0.6 is 15.9 Å². The summed E-state index contributed by atoms with van der Waals surface area (Å²) in [6.07, 6.45) is 1.88. The van der Waals surface area contributed by atoms with Crippen molar-refractivity contribution in [2.45, 2.75) is 26.4 Å². The Kier molecular flexibility index (Phi) is 4.09. The molecule has 1 atom stereocenters. The van der Waals surface area contributed by atoms with Gasteiger partial charge in [-0.15, -0.1) is 0 Å². The number of nitrogens with zero attached hydrogens (tertiary/aromatic N) is 2. The highest BCUT2D eigenvalue weighted by Gasteiger charge is 2.08. The predicted molar refractivity (Wildman–Crippen MR) is 74.4 cm³/mol. The van der Waals surface area contributed by atoms with Gasteiger partial charge in [0.2, 0.25) is 0 Å². The molecule has 18 heavy (non-hydrogen) atoms. The third-order valence-corrected chi connectivity index (χ3v) is 3.26. The van der Waals surface area contributed by atoms with Crippen molar-refractivity contribution in [1.29, 1.82) is 0 Å². The van der Waals surface area contributed by atoms with Gasteiger partial charge in [0, 0.05) is 28.3 Å². The Hall–Kier alpha value is -1.26. The van der Waals surface area contributed by atoms with Crippen molar-refractivity contribution in [2.75, 3.05) is 0 Å². The summed E-state index contributed by atoms with van der Waals surface area (Å²) in [5.41, 5.74) is 2.78. The molecule has 1 aromatic heterocycles. The Morgan fingerprint density at radius 2 is 2.17 bits per heavy atom. The Bertz CT molecular complexity index is 555. The number of aliphatic hydroxyl groups is 1. The molecule has 0 aliphatic carbocycles. The van der Waals surface area contributed by atoms with Crippen LogP contribution in [0.1, 0.15) is 35.7 Å². The fourth-order valence-corrected chi connectivity index (χ4v) is 2.30. The van der Waals surface area contributed by atoms with Crippen molar-refractivity contribution < 1.29 is 5.11 Å². The van der Waals surface area contributed by atoms with Crippen LogP contribution in [0.15, 0.2) is 34.9 Å². The summed E-state index contributed by atoms with van der Waals surface area (Å²) in [7, 11) is 0. The lowest BCUT2D eigenvalue weighted by molar-refractivity contribution is 0.197. The first-order valence-corrected chi connectivity index (χ1v) is 6.60. The summed E-state index contributed by atoms with van der Waals surface area (Å²) in [6.45, 7) is 3.62. The van der Waals surface area contributed by atoms with E-state index in [2.05, 4.69) is 32.0 Å². The molecule has 3 nitrogen and oxygen atoms in total. The minimum absolute atomic E-state index is 0.523. The molecule has 0 spiro atoms. The zero-order valence-corrected chi connectivity index (χ0v) is 12.0. The van der Waals surface area contributed by atoms with E-state index in [1.807, 2.05) is 25.1 Å². The van der Waals surface area contributed by atoms with Crippen molar-refractivity contribution in [3.05, 3.63) is 57.6 Å². The Morgan fingerprint density at radius 1 is 1.39 bits per heavy atom. The van der Waals surface area contributed by atoms with Crippen molar-refractivity contribution in [3.8, 4) is 0 Å². The fourth-order valence-electron chi connectivity index (χ4n) is 1.85. The van der Waals surface area contributed by atoms with E-state index in [0.717, 1.165) is 27.1 Å². The Labute approximate surface area is 115 Å². The quantitative estimate of drug-likeness (QED) is 0.947. The molecule has 0 saturated heterocycles. The monoisotopic (exact) mass is 306 g/mol. The molecule has 1 aromatic carbocycles. The molecule has 4 heteroatoms. The minimum Gasteiger partial charge on any atom is -0.389 e. The maximum absolute atomic E-state index is 9.54. The highest BCUT2D eigenvalue weighted by atomic mass is 79.9. The molecular weight excluding hydrogens is 292 g/mol. The molecule has 2 aromatic rings. The van der Waals surface area contributed by atoms with E-state index in [0.29, 0.717) is 6.42 Å². The first kappa shape index (κ1) is 13.2. The fraction of sp³-hybridized carbons (Fsp3) is 0.286. The van der Waals surface area contributed by atoms with Gasteiger partial charge in [0.25, 0.3) is 0 Å². The largest absolute Gasteiger partial charge is 0.389 e. The van der Waals surface area contributed by atoms with E-state index >= 15 is 0 Å². The normalized spacial score (nSPS) is 12.4. The van der Waals surface area contributed by atoms with E-state index in [-0.39, 0.29) is 0 Å². The van der Waals surface area contributed by atoms with Crippen LogP contribution in [0.5, 0.6) is 0 Å². The SMILES string of the molecule is Cc1nc(Cc2cccc(Br)c2)ncc1[C@H](C)O. The number of hydrogen-bond donors (Lipinski definition) is 1. The highest BCUT2D eigenvalue weighted by molar-refractivity contribution is 9.10. The number of benzene rings is 1. The van der Waals surface area contributed by atoms with E-state index in [1.54, 1.807) is 13.1 Å². The lowest BCUT2D eigenvalue weighted by Crippen LogP contribution is -2.04. The van der Waals surface area contributed by atoms with Gasteiger partial charge in [0.05, 0.1) is 6.10 Å². The van der Waals surface area contributed by atoms with Gasteiger partial charge in [-0.1, -0.05) is 28.1 Å². The predicted octanol–water partition coefficient (Wildman–Crippen LogP) is 3.19. The first-order valence-electron chi connectivity index (χ1n) is 5.81. The van der Waals surface area contributed by atoms with Gasteiger partial charge in [-0.25, -0.2) is 9.97 Å². The van der Waals surface area contributed by atoms with Gasteiger partial charge in [-0.05, 0) is 31.5 Å². The Morgan fingerprint density at radius 3 is 2.78 bits per heavy atom. The third kappa shape index (κ3) is 3.15. The summed E-state index contributed by atoms with van der Waals surface area (Å²) < 4.78 is 1.05. The van der Waals surface area contributed by atoms with Gasteiger partial charge in [0.15, 0.2) is 0 Å². The molecule has 0 fully saturated rings. The van der Waals surface area contributed by atoms with Crippen molar-refractivity contribution in [3.63, 3.8) is 0 Å². The zero-order valence-electron chi connectivity index (χ0n) is 10.4. The van der Waals surface area contributed by atoms with Crippen LogP contribution in [-0.4, -0.2) is 15.1 Å². The van der Waals surface area contributed by atoms with Gasteiger partial charge < -0.3 is 5.11 Å². The molecule has 0 amide bonds. The summed E-state index contributed by atoms with van der Waals surface area (Å²) in [5, 5.41) is 9.54. The van der Waals surface area contributed by atoms with E-state index in [9.17, 15) is 5.11 Å². The third-order valence-electron chi connectivity index (χ3n) is 2.77. The maximum Gasteiger partial charge on any atom is 0.132 e. The van der Waals surface area contributed by atoms with Gasteiger partial charge >= 0.3 is 0 Å². The van der Waals surface area contributed by atoms with Crippen LogP contribution in [-0.2, 0) is 6.42 Å². The minimum atomic E-state index is -0.523. The molecule has 1 N–H and O–H groups in total. The van der Waals surface area contributed by atoms with Crippen LogP contribution in [0, 0.1) is 6.92 Å². The number of aryl methyl sites for hydroxylation is 1. The first-order chi connectivity index (χ1) is 8.56. The summed E-state index contributed by atoms with van der Waals surface area (Å²) in [5.74, 6) is 0.773. The number of aliphatic hydroxyl groups excluding tert-OH is 1. The summed E-state index contributed by atoms with van der Waals surface area (Å²) in [6, 6.07) is 8.09. The smallest absolute Gasteiger partial charge is 0.132 e.